The lowest BCUT2D eigenvalue weighted by Crippen LogP contribution is -2.44. The first-order chi connectivity index (χ1) is 7.50. The molecule has 0 aliphatic carbocycles. The van der Waals surface area contributed by atoms with Gasteiger partial charge in [0.25, 0.3) is 0 Å². The van der Waals surface area contributed by atoms with Gasteiger partial charge in [0, 0.05) is 12.0 Å². The molecule has 1 unspecified atom stereocenters. The first-order valence-corrected chi connectivity index (χ1v) is 6.67. The SMILES string of the molecule is CC(C)NC(Cc1csc[nH+]1)C(=O)C(C)C. The molecule has 0 aliphatic rings. The van der Waals surface area contributed by atoms with E-state index in [0.29, 0.717) is 6.04 Å². The van der Waals surface area contributed by atoms with E-state index < -0.39 is 0 Å². The predicted molar refractivity (Wildman–Crippen MR) is 66.5 cm³/mol. The average Bonchev–Trinajstić information content (AvgIpc) is 2.67. The summed E-state index contributed by atoms with van der Waals surface area (Å²) in [6, 6.07) is 0.247. The smallest absolute Gasteiger partial charge is 0.223 e. The molecule has 0 radical (unpaired) electrons. The second-order valence-electron chi connectivity index (χ2n) is 4.68. The molecule has 1 aromatic heterocycles. The molecule has 1 aromatic rings. The Morgan fingerprint density at radius 1 is 1.44 bits per heavy atom. The van der Waals surface area contributed by atoms with E-state index in [1.54, 1.807) is 11.3 Å². The number of Topliss-reactive ketones (excluding diaryl/α,β-unsaturated/α-hetero) is 1. The monoisotopic (exact) mass is 241 g/mol. The van der Waals surface area contributed by atoms with Crippen molar-refractivity contribution in [2.45, 2.75) is 46.2 Å². The van der Waals surface area contributed by atoms with Crippen LogP contribution >= 0.6 is 11.3 Å². The number of thiazole rings is 1. The number of hydrogen-bond donors (Lipinski definition) is 1. The minimum absolute atomic E-state index is 0.0779. The molecule has 0 spiro atoms. The second-order valence-corrected chi connectivity index (χ2v) is 5.42. The number of nitrogens with one attached hydrogen (secondary N) is 2. The van der Waals surface area contributed by atoms with Gasteiger partial charge in [0.1, 0.15) is 0 Å². The standard InChI is InChI=1S/C12H20N2OS/c1-8(2)12(15)11(14-9(3)4)5-10-6-16-7-13-10/h6-9,11,14H,5H2,1-4H3/p+1. The number of aromatic amines is 1. The molecule has 1 heterocycles. The lowest BCUT2D eigenvalue weighted by atomic mass is 9.97. The van der Waals surface area contributed by atoms with Gasteiger partial charge < -0.3 is 5.32 Å². The quantitative estimate of drug-likeness (QED) is 0.823. The lowest BCUT2D eigenvalue weighted by Gasteiger charge is -2.20. The third kappa shape index (κ3) is 4.02. The zero-order valence-electron chi connectivity index (χ0n) is 10.4. The Labute approximate surface area is 101 Å². The fourth-order valence-corrected chi connectivity index (χ4v) is 2.25. The van der Waals surface area contributed by atoms with Crippen LogP contribution in [-0.2, 0) is 11.2 Å². The predicted octanol–water partition coefficient (Wildman–Crippen LogP) is 1.70. The summed E-state index contributed by atoms with van der Waals surface area (Å²) in [7, 11) is 0. The van der Waals surface area contributed by atoms with Crippen LogP contribution in [0, 0.1) is 5.92 Å². The van der Waals surface area contributed by atoms with Gasteiger partial charge in [-0.2, -0.15) is 0 Å². The number of carbonyl (C=O) groups excluding carboxylic acids is 1. The van der Waals surface area contributed by atoms with Gasteiger partial charge in [0.05, 0.1) is 17.8 Å². The van der Waals surface area contributed by atoms with E-state index in [4.69, 9.17) is 0 Å². The summed E-state index contributed by atoms with van der Waals surface area (Å²) in [5.74, 6) is 0.364. The number of hydrogen-bond acceptors (Lipinski definition) is 3. The van der Waals surface area contributed by atoms with E-state index in [9.17, 15) is 4.79 Å². The Morgan fingerprint density at radius 2 is 2.12 bits per heavy atom. The van der Waals surface area contributed by atoms with E-state index in [2.05, 4.69) is 29.5 Å². The van der Waals surface area contributed by atoms with Crippen LogP contribution in [0.4, 0.5) is 0 Å². The van der Waals surface area contributed by atoms with Crippen LogP contribution in [0.1, 0.15) is 33.4 Å². The second kappa shape index (κ2) is 6.11. The van der Waals surface area contributed by atoms with Crippen molar-refractivity contribution in [3.05, 3.63) is 16.6 Å². The molecule has 0 aliphatic heterocycles. The summed E-state index contributed by atoms with van der Waals surface area (Å²) in [4.78, 5) is 15.2. The topological polar surface area (TPSA) is 43.2 Å². The minimum Gasteiger partial charge on any atom is -0.305 e. The fourth-order valence-electron chi connectivity index (χ4n) is 1.63. The summed E-state index contributed by atoms with van der Waals surface area (Å²) >= 11 is 1.63. The van der Waals surface area contributed by atoms with Gasteiger partial charge in [-0.1, -0.05) is 39.0 Å². The molecular formula is C12H21N2OS+. The van der Waals surface area contributed by atoms with E-state index in [1.165, 1.54) is 0 Å². The molecule has 0 aromatic carbocycles. The molecule has 1 rings (SSSR count). The van der Waals surface area contributed by atoms with E-state index in [0.717, 1.165) is 12.1 Å². The number of aromatic nitrogens is 1. The molecule has 3 nitrogen and oxygen atoms in total. The summed E-state index contributed by atoms with van der Waals surface area (Å²) < 4.78 is 0. The van der Waals surface area contributed by atoms with Gasteiger partial charge in [-0.3, -0.25) is 4.79 Å². The maximum Gasteiger partial charge on any atom is 0.223 e. The van der Waals surface area contributed by atoms with Crippen LogP contribution in [0.15, 0.2) is 10.9 Å². The minimum atomic E-state index is -0.0779. The van der Waals surface area contributed by atoms with Crippen molar-refractivity contribution in [2.24, 2.45) is 5.92 Å². The van der Waals surface area contributed by atoms with E-state index in [1.807, 2.05) is 19.4 Å². The van der Waals surface area contributed by atoms with Gasteiger partial charge in [-0.15, -0.1) is 0 Å². The maximum atomic E-state index is 12.0. The van der Waals surface area contributed by atoms with Crippen LogP contribution in [-0.4, -0.2) is 17.9 Å². The Morgan fingerprint density at radius 3 is 2.56 bits per heavy atom. The zero-order valence-corrected chi connectivity index (χ0v) is 11.2. The number of carbonyl (C=O) groups is 1. The maximum absolute atomic E-state index is 12.0. The van der Waals surface area contributed by atoms with Gasteiger partial charge >= 0.3 is 0 Å². The molecular weight excluding hydrogens is 220 g/mol. The molecule has 16 heavy (non-hydrogen) atoms. The number of ketones is 1. The van der Waals surface area contributed by atoms with Crippen molar-refractivity contribution in [3.63, 3.8) is 0 Å². The zero-order chi connectivity index (χ0) is 12.1. The van der Waals surface area contributed by atoms with Crippen molar-refractivity contribution in [2.75, 3.05) is 0 Å². The molecule has 0 fully saturated rings. The molecule has 0 saturated heterocycles. The van der Waals surface area contributed by atoms with Gasteiger partial charge in [-0.25, -0.2) is 4.98 Å². The van der Waals surface area contributed by atoms with Crippen LogP contribution in [0.25, 0.3) is 0 Å². The highest BCUT2D eigenvalue weighted by Gasteiger charge is 2.24. The van der Waals surface area contributed by atoms with Gasteiger partial charge in [0.15, 0.2) is 11.5 Å². The lowest BCUT2D eigenvalue weighted by molar-refractivity contribution is -0.383. The normalized spacial score (nSPS) is 13.4. The third-order valence-corrected chi connectivity index (χ3v) is 3.07. The van der Waals surface area contributed by atoms with Crippen LogP contribution in [0.3, 0.4) is 0 Å². The van der Waals surface area contributed by atoms with Gasteiger partial charge in [-0.05, 0) is 0 Å². The van der Waals surface area contributed by atoms with Crippen LogP contribution in [0.2, 0.25) is 0 Å². The Bertz CT molecular complexity index is 320. The van der Waals surface area contributed by atoms with Crippen molar-refractivity contribution >= 4 is 17.1 Å². The average molecular weight is 241 g/mol. The van der Waals surface area contributed by atoms with E-state index >= 15 is 0 Å². The largest absolute Gasteiger partial charge is 0.305 e. The van der Waals surface area contributed by atoms with Crippen LogP contribution in [0.5, 0.6) is 0 Å². The molecule has 1 atom stereocenters. The summed E-state index contributed by atoms with van der Waals surface area (Å²) in [6.45, 7) is 8.04. The first kappa shape index (κ1) is 13.3. The fraction of sp³-hybridized carbons (Fsp3) is 0.667. The highest BCUT2D eigenvalue weighted by Crippen LogP contribution is 2.07. The molecule has 4 heteroatoms. The molecule has 90 valence electrons. The Balaban J connectivity index is 2.67. The third-order valence-electron chi connectivity index (χ3n) is 2.39. The Hall–Kier alpha value is -0.740. The highest BCUT2D eigenvalue weighted by molar-refractivity contribution is 7.07. The number of rotatable bonds is 6. The van der Waals surface area contributed by atoms with Gasteiger partial charge in [0.2, 0.25) is 5.51 Å². The highest BCUT2D eigenvalue weighted by atomic mass is 32.1. The molecule has 2 N–H and O–H groups in total. The van der Waals surface area contributed by atoms with Crippen molar-refractivity contribution in [1.29, 1.82) is 0 Å². The van der Waals surface area contributed by atoms with E-state index in [-0.39, 0.29) is 17.7 Å². The molecule has 0 amide bonds. The summed E-state index contributed by atoms with van der Waals surface area (Å²) in [6.07, 6.45) is 0.749. The van der Waals surface area contributed by atoms with Crippen LogP contribution < -0.4 is 10.3 Å². The number of H-pyrrole nitrogens is 1. The Kier molecular flexibility index (Phi) is 5.09. The first-order valence-electron chi connectivity index (χ1n) is 5.73. The molecule has 0 bridgehead atoms. The summed E-state index contributed by atoms with van der Waals surface area (Å²) in [5.41, 5.74) is 3.05. The van der Waals surface area contributed by atoms with Crippen molar-refractivity contribution in [3.8, 4) is 0 Å². The summed E-state index contributed by atoms with van der Waals surface area (Å²) in [5, 5.41) is 5.39. The van der Waals surface area contributed by atoms with Crippen molar-refractivity contribution in [1.82, 2.24) is 5.32 Å². The molecule has 0 saturated carbocycles. The van der Waals surface area contributed by atoms with Crippen molar-refractivity contribution < 1.29 is 9.78 Å².